The van der Waals surface area contributed by atoms with Crippen molar-refractivity contribution in [1.29, 1.82) is 0 Å². The van der Waals surface area contributed by atoms with E-state index >= 15 is 0 Å². The van der Waals surface area contributed by atoms with Crippen LogP contribution in [0.5, 0.6) is 0 Å². The highest BCUT2D eigenvalue weighted by molar-refractivity contribution is 8.00. The quantitative estimate of drug-likeness (QED) is 0.570. The lowest BCUT2D eigenvalue weighted by Gasteiger charge is -2.36. The Morgan fingerprint density at radius 3 is 2.71 bits per heavy atom. The van der Waals surface area contributed by atoms with Crippen molar-refractivity contribution in [2.24, 2.45) is 4.99 Å². The summed E-state index contributed by atoms with van der Waals surface area (Å²) in [5.41, 5.74) is 0.0619. The van der Waals surface area contributed by atoms with E-state index < -0.39 is 0 Å². The Hall–Kier alpha value is -0.720. The fraction of sp³-hybridized carbons (Fsp3) is 0.722. The molecule has 136 valence electrons. The van der Waals surface area contributed by atoms with Crippen LogP contribution in [0.1, 0.15) is 38.5 Å². The molecule has 0 radical (unpaired) electrons. The van der Waals surface area contributed by atoms with Crippen LogP contribution in [0, 0.1) is 0 Å². The van der Waals surface area contributed by atoms with Gasteiger partial charge in [0.25, 0.3) is 0 Å². The van der Waals surface area contributed by atoms with Crippen molar-refractivity contribution in [2.45, 2.75) is 43.8 Å². The maximum Gasteiger partial charge on any atom is 0.191 e. The van der Waals surface area contributed by atoms with Gasteiger partial charge in [-0.25, -0.2) is 0 Å². The lowest BCUT2D eigenvalue weighted by molar-refractivity contribution is 0.0783. The molecule has 0 unspecified atom stereocenters. The maximum atomic E-state index is 5.53. The number of guanidine groups is 1. The van der Waals surface area contributed by atoms with Crippen molar-refractivity contribution >= 4 is 29.1 Å². The molecule has 1 fully saturated rings. The largest absolute Gasteiger partial charge is 0.381 e. The Bertz CT molecular complexity index is 508. The minimum absolute atomic E-state index is 0.0619. The minimum atomic E-state index is 0.0619. The van der Waals surface area contributed by atoms with Gasteiger partial charge in [-0.2, -0.15) is 11.8 Å². The molecule has 0 saturated carbocycles. The summed E-state index contributed by atoms with van der Waals surface area (Å²) < 4.78 is 5.79. The monoisotopic (exact) mass is 369 g/mol. The van der Waals surface area contributed by atoms with Gasteiger partial charge in [-0.3, -0.25) is 4.99 Å². The number of thioether (sulfide) groups is 1. The second-order valence-corrected chi connectivity index (χ2v) is 9.13. The number of hydrogen-bond acceptors (Lipinski definition) is 4. The predicted octanol–water partition coefficient (Wildman–Crippen LogP) is 3.49. The smallest absolute Gasteiger partial charge is 0.191 e. The van der Waals surface area contributed by atoms with Crippen molar-refractivity contribution in [3.8, 4) is 0 Å². The van der Waals surface area contributed by atoms with Crippen molar-refractivity contribution in [1.82, 2.24) is 10.6 Å². The van der Waals surface area contributed by atoms with E-state index in [1.165, 1.54) is 4.88 Å². The van der Waals surface area contributed by atoms with Crippen molar-refractivity contribution in [3.63, 3.8) is 0 Å². The van der Waals surface area contributed by atoms with Crippen LogP contribution < -0.4 is 10.6 Å². The van der Waals surface area contributed by atoms with Crippen LogP contribution in [0.15, 0.2) is 22.5 Å². The number of aliphatic imine (C=N–C) groups is 1. The first kappa shape index (κ1) is 19.6. The van der Waals surface area contributed by atoms with Crippen LogP contribution in [0.3, 0.4) is 0 Å². The highest BCUT2D eigenvalue weighted by Gasteiger charge is 2.32. The first-order valence-corrected chi connectivity index (χ1v) is 10.8. The van der Waals surface area contributed by atoms with Crippen LogP contribution in [0.25, 0.3) is 0 Å². The summed E-state index contributed by atoms with van der Waals surface area (Å²) >= 11 is 3.76. The summed E-state index contributed by atoms with van der Waals surface area (Å²) in [4.78, 5) is 6.23. The Morgan fingerprint density at radius 2 is 2.12 bits per heavy atom. The molecule has 2 N–H and O–H groups in total. The van der Waals surface area contributed by atoms with E-state index in [4.69, 9.17) is 9.73 Å². The van der Waals surface area contributed by atoms with Gasteiger partial charge < -0.3 is 15.4 Å². The van der Waals surface area contributed by atoms with E-state index in [2.05, 4.69) is 55.2 Å². The van der Waals surface area contributed by atoms with Crippen LogP contribution in [0.4, 0.5) is 0 Å². The summed E-state index contributed by atoms with van der Waals surface area (Å²) in [6, 6.07) is 4.31. The normalized spacial score (nSPS) is 18.4. The molecule has 0 amide bonds. The third-order valence-corrected chi connectivity index (χ3v) is 7.23. The Balaban J connectivity index is 1.97. The van der Waals surface area contributed by atoms with Gasteiger partial charge in [0.05, 0.1) is 6.54 Å². The molecule has 6 heteroatoms. The molecule has 0 atom stereocenters. The number of ether oxygens (including phenoxy) is 1. The highest BCUT2D eigenvalue weighted by Crippen LogP contribution is 2.33. The van der Waals surface area contributed by atoms with Gasteiger partial charge in [-0.05, 0) is 37.5 Å². The highest BCUT2D eigenvalue weighted by atomic mass is 32.2. The number of hydrogen-bond donors (Lipinski definition) is 2. The molecule has 0 aromatic carbocycles. The number of rotatable bonds is 7. The molecular weight excluding hydrogens is 338 g/mol. The topological polar surface area (TPSA) is 45.7 Å². The summed E-state index contributed by atoms with van der Waals surface area (Å²) in [6.07, 6.45) is 4.40. The van der Waals surface area contributed by atoms with Gasteiger partial charge in [0, 0.05) is 41.3 Å². The molecule has 1 aromatic rings. The van der Waals surface area contributed by atoms with Gasteiger partial charge in [0.15, 0.2) is 5.96 Å². The lowest BCUT2D eigenvalue weighted by Crippen LogP contribution is -2.48. The van der Waals surface area contributed by atoms with Crippen LogP contribution in [-0.2, 0) is 10.2 Å². The molecule has 0 bridgehead atoms. The predicted molar refractivity (Wildman–Crippen MR) is 108 cm³/mol. The maximum absolute atomic E-state index is 5.53. The standard InChI is InChI=1S/C18H31N3OS2/c1-5-19-16(20-13-17(2,3)15-7-6-12-24-15)21-14-18(23-4)8-10-22-11-9-18/h6-7,12H,5,8-11,13-14H2,1-4H3,(H2,19,20,21). The molecule has 1 saturated heterocycles. The van der Waals surface area contributed by atoms with Gasteiger partial charge in [-0.15, -0.1) is 11.3 Å². The summed E-state index contributed by atoms with van der Waals surface area (Å²) in [6.45, 7) is 10.9. The zero-order valence-corrected chi connectivity index (χ0v) is 17.0. The zero-order valence-electron chi connectivity index (χ0n) is 15.4. The van der Waals surface area contributed by atoms with E-state index in [-0.39, 0.29) is 10.2 Å². The minimum Gasteiger partial charge on any atom is -0.381 e. The van der Waals surface area contributed by atoms with E-state index in [0.717, 1.165) is 51.6 Å². The molecule has 1 aromatic heterocycles. The first-order valence-electron chi connectivity index (χ1n) is 8.70. The van der Waals surface area contributed by atoms with Gasteiger partial charge >= 0.3 is 0 Å². The molecule has 1 aliphatic rings. The first-order chi connectivity index (χ1) is 11.5. The summed E-state index contributed by atoms with van der Waals surface area (Å²) in [7, 11) is 0. The van der Waals surface area contributed by atoms with E-state index in [0.29, 0.717) is 0 Å². The van der Waals surface area contributed by atoms with E-state index in [1.807, 2.05) is 11.8 Å². The molecule has 24 heavy (non-hydrogen) atoms. The van der Waals surface area contributed by atoms with E-state index in [9.17, 15) is 0 Å². The van der Waals surface area contributed by atoms with Gasteiger partial charge in [0.1, 0.15) is 0 Å². The summed E-state index contributed by atoms with van der Waals surface area (Å²) in [5.74, 6) is 0.919. The summed E-state index contributed by atoms with van der Waals surface area (Å²) in [5, 5.41) is 9.09. The number of thiophene rings is 1. The molecule has 1 aliphatic heterocycles. The number of nitrogens with one attached hydrogen (secondary N) is 2. The molecule has 0 spiro atoms. The second kappa shape index (κ2) is 9.11. The molecule has 4 nitrogen and oxygen atoms in total. The molecule has 0 aliphatic carbocycles. The zero-order chi connectivity index (χ0) is 17.5. The molecular formula is C18H31N3OS2. The van der Waals surface area contributed by atoms with Crippen molar-refractivity contribution in [3.05, 3.63) is 22.4 Å². The average molecular weight is 370 g/mol. The van der Waals surface area contributed by atoms with Crippen LogP contribution in [0.2, 0.25) is 0 Å². The van der Waals surface area contributed by atoms with Crippen molar-refractivity contribution < 1.29 is 4.74 Å². The second-order valence-electron chi connectivity index (χ2n) is 6.91. The average Bonchev–Trinajstić information content (AvgIpc) is 3.14. The van der Waals surface area contributed by atoms with Crippen LogP contribution in [-0.4, -0.2) is 49.8 Å². The fourth-order valence-electron chi connectivity index (χ4n) is 2.80. The molecule has 2 heterocycles. The SMILES string of the molecule is CCNC(=NCC(C)(C)c1cccs1)NCC1(SC)CCOCC1. The third kappa shape index (κ3) is 5.39. The Morgan fingerprint density at radius 1 is 1.38 bits per heavy atom. The van der Waals surface area contributed by atoms with E-state index in [1.54, 1.807) is 11.3 Å². The number of nitrogens with zero attached hydrogens (tertiary/aromatic N) is 1. The van der Waals surface area contributed by atoms with Gasteiger partial charge in [0.2, 0.25) is 0 Å². The van der Waals surface area contributed by atoms with Gasteiger partial charge in [-0.1, -0.05) is 19.9 Å². The van der Waals surface area contributed by atoms with Crippen molar-refractivity contribution in [2.75, 3.05) is 39.1 Å². The third-order valence-electron chi connectivity index (χ3n) is 4.58. The Kier molecular flexibility index (Phi) is 7.44. The lowest BCUT2D eigenvalue weighted by atomic mass is 9.92. The Labute approximate surface area is 154 Å². The van der Waals surface area contributed by atoms with Crippen LogP contribution >= 0.6 is 23.1 Å². The molecule has 2 rings (SSSR count). The fourth-order valence-corrected chi connectivity index (χ4v) is 4.44.